The number of halogens is 4. The molecule has 0 bridgehead atoms. The highest BCUT2D eigenvalue weighted by Gasteiger charge is 2.39. The highest BCUT2D eigenvalue weighted by molar-refractivity contribution is 6.32. The van der Waals surface area contributed by atoms with Gasteiger partial charge in [-0.05, 0) is 31.4 Å². The molecule has 0 amide bonds. The topological polar surface area (TPSA) is 95.7 Å². The monoisotopic (exact) mass is 402 g/mol. The summed E-state index contributed by atoms with van der Waals surface area (Å²) in [5, 5.41) is 8.03. The first kappa shape index (κ1) is 18.7. The Balaban J connectivity index is 0.00000196. The van der Waals surface area contributed by atoms with E-state index < -0.39 is 17.7 Å². The Morgan fingerprint density at radius 2 is 2.12 bits per heavy atom. The number of alkyl halides is 2. The molecule has 0 atom stereocenters. The average Bonchev–Trinajstić information content (AvgIpc) is 3.19. The number of nitrogens with two attached hydrogens (primary N) is 1. The van der Waals surface area contributed by atoms with Crippen LogP contribution in [-0.2, 0) is 5.54 Å². The van der Waals surface area contributed by atoms with Crippen LogP contribution in [0.1, 0.15) is 37.2 Å². The van der Waals surface area contributed by atoms with Crippen LogP contribution in [0.3, 0.4) is 0 Å². The highest BCUT2D eigenvalue weighted by atomic mass is 35.5. The first-order valence-corrected chi connectivity index (χ1v) is 7.98. The Hall–Kier alpha value is -2.10. The van der Waals surface area contributed by atoms with Crippen LogP contribution < -0.4 is 5.73 Å². The van der Waals surface area contributed by atoms with Gasteiger partial charge >= 0.3 is 0 Å². The largest absolute Gasteiger partial charge is 0.334 e. The predicted octanol–water partition coefficient (Wildman–Crippen LogP) is 3.67. The van der Waals surface area contributed by atoms with E-state index in [9.17, 15) is 8.78 Å². The molecule has 3 aromatic heterocycles. The zero-order chi connectivity index (χ0) is 17.6. The van der Waals surface area contributed by atoms with Crippen LogP contribution in [-0.4, -0.2) is 24.9 Å². The summed E-state index contributed by atoms with van der Waals surface area (Å²) in [6.45, 7) is 0. The van der Waals surface area contributed by atoms with Crippen molar-refractivity contribution in [2.45, 2.75) is 31.2 Å². The molecule has 0 aromatic carbocycles. The second kappa shape index (κ2) is 6.90. The van der Waals surface area contributed by atoms with Gasteiger partial charge in [0, 0.05) is 6.20 Å². The minimum atomic E-state index is -2.85. The second-order valence-electron chi connectivity index (χ2n) is 5.90. The van der Waals surface area contributed by atoms with Gasteiger partial charge in [0.15, 0.2) is 11.6 Å². The molecule has 0 radical (unpaired) electrons. The number of hydrogen-bond acceptors (Lipinski definition) is 6. The molecule has 138 valence electrons. The van der Waals surface area contributed by atoms with Crippen LogP contribution in [0.15, 0.2) is 29.0 Å². The van der Waals surface area contributed by atoms with Crippen LogP contribution in [0.25, 0.3) is 17.3 Å². The first-order valence-electron chi connectivity index (χ1n) is 7.60. The molecule has 2 N–H and O–H groups in total. The van der Waals surface area contributed by atoms with Gasteiger partial charge in [-0.1, -0.05) is 16.8 Å². The van der Waals surface area contributed by atoms with Gasteiger partial charge in [-0.25, -0.2) is 18.4 Å². The summed E-state index contributed by atoms with van der Waals surface area (Å²) in [5.74, 6) is 0.359. The predicted molar refractivity (Wildman–Crippen MR) is 91.6 cm³/mol. The van der Waals surface area contributed by atoms with E-state index in [1.165, 1.54) is 12.4 Å². The molecule has 26 heavy (non-hydrogen) atoms. The Labute approximate surface area is 158 Å². The SMILES string of the molecule is Cl.NC1(c2noc(-c3cnn(-c4ncccc4Cl)c3C(F)F)n2)CCC1. The third-order valence-electron chi connectivity index (χ3n) is 4.30. The standard InChI is InChI=1S/C15H13ClF2N6O.ClH/c16-9-3-1-6-20-12(9)24-10(11(17)18)8(7-21-24)13-22-14(23-25-13)15(19)4-2-5-15;/h1,3,6-7,11H,2,4-5,19H2;1H. The molecule has 0 aliphatic heterocycles. The quantitative estimate of drug-likeness (QED) is 0.714. The minimum Gasteiger partial charge on any atom is -0.334 e. The third-order valence-corrected chi connectivity index (χ3v) is 4.60. The fourth-order valence-corrected chi connectivity index (χ4v) is 2.95. The molecule has 0 unspecified atom stereocenters. The Morgan fingerprint density at radius 3 is 2.73 bits per heavy atom. The molecular weight excluding hydrogens is 389 g/mol. The molecule has 4 rings (SSSR count). The van der Waals surface area contributed by atoms with Crippen molar-refractivity contribution in [3.8, 4) is 17.3 Å². The lowest BCUT2D eigenvalue weighted by atomic mass is 9.77. The summed E-state index contributed by atoms with van der Waals surface area (Å²) < 4.78 is 33.5. The summed E-state index contributed by atoms with van der Waals surface area (Å²) >= 11 is 6.04. The zero-order valence-electron chi connectivity index (χ0n) is 13.3. The van der Waals surface area contributed by atoms with Crippen molar-refractivity contribution in [1.29, 1.82) is 0 Å². The maximum atomic E-state index is 13.7. The van der Waals surface area contributed by atoms with Gasteiger partial charge in [-0.2, -0.15) is 10.1 Å². The molecule has 11 heteroatoms. The van der Waals surface area contributed by atoms with Crippen molar-refractivity contribution in [3.05, 3.63) is 41.1 Å². The number of hydrogen-bond donors (Lipinski definition) is 1. The van der Waals surface area contributed by atoms with Gasteiger partial charge in [-0.15, -0.1) is 12.4 Å². The molecule has 0 saturated heterocycles. The summed E-state index contributed by atoms with van der Waals surface area (Å²) in [6.07, 6.45) is 2.26. The molecule has 7 nitrogen and oxygen atoms in total. The van der Waals surface area contributed by atoms with E-state index in [0.717, 1.165) is 23.9 Å². The van der Waals surface area contributed by atoms with Gasteiger partial charge in [0.2, 0.25) is 0 Å². The number of aromatic nitrogens is 5. The van der Waals surface area contributed by atoms with E-state index in [-0.39, 0.29) is 34.7 Å². The first-order chi connectivity index (χ1) is 12.0. The van der Waals surface area contributed by atoms with E-state index in [1.54, 1.807) is 12.1 Å². The molecule has 3 aromatic rings. The second-order valence-corrected chi connectivity index (χ2v) is 6.30. The molecule has 3 heterocycles. The zero-order valence-corrected chi connectivity index (χ0v) is 14.8. The molecular formula is C15H14Cl2F2N6O. The van der Waals surface area contributed by atoms with Crippen molar-refractivity contribution < 1.29 is 13.3 Å². The highest BCUT2D eigenvalue weighted by Crippen LogP contribution is 2.39. The summed E-state index contributed by atoms with van der Waals surface area (Å²) in [5.41, 5.74) is 5.11. The Morgan fingerprint density at radius 1 is 1.35 bits per heavy atom. The van der Waals surface area contributed by atoms with Crippen LogP contribution in [0, 0.1) is 0 Å². The maximum Gasteiger partial charge on any atom is 0.281 e. The van der Waals surface area contributed by atoms with Crippen LogP contribution in [0.2, 0.25) is 5.02 Å². The lowest BCUT2D eigenvalue weighted by Gasteiger charge is -2.34. The van der Waals surface area contributed by atoms with E-state index in [2.05, 4.69) is 20.2 Å². The normalized spacial score (nSPS) is 15.6. The molecule has 1 aliphatic carbocycles. The lowest BCUT2D eigenvalue weighted by Crippen LogP contribution is -2.44. The number of rotatable bonds is 4. The Bertz CT molecular complexity index is 925. The smallest absolute Gasteiger partial charge is 0.281 e. The van der Waals surface area contributed by atoms with Crippen LogP contribution in [0.5, 0.6) is 0 Å². The molecule has 1 aliphatic rings. The van der Waals surface area contributed by atoms with E-state index in [1.807, 2.05) is 0 Å². The number of nitrogens with zero attached hydrogens (tertiary/aromatic N) is 5. The van der Waals surface area contributed by atoms with Crippen molar-refractivity contribution in [1.82, 2.24) is 24.9 Å². The summed E-state index contributed by atoms with van der Waals surface area (Å²) in [6, 6.07) is 3.14. The van der Waals surface area contributed by atoms with Crippen molar-refractivity contribution in [2.75, 3.05) is 0 Å². The van der Waals surface area contributed by atoms with Crippen LogP contribution in [0.4, 0.5) is 8.78 Å². The van der Waals surface area contributed by atoms with Crippen molar-refractivity contribution in [3.63, 3.8) is 0 Å². The van der Waals surface area contributed by atoms with Crippen LogP contribution >= 0.6 is 24.0 Å². The lowest BCUT2D eigenvalue weighted by molar-refractivity contribution is 0.143. The average molecular weight is 403 g/mol. The van der Waals surface area contributed by atoms with Gasteiger partial charge in [-0.3, -0.25) is 0 Å². The van der Waals surface area contributed by atoms with Crippen molar-refractivity contribution >= 4 is 24.0 Å². The Kier molecular flexibility index (Phi) is 4.96. The minimum absolute atomic E-state index is 0. The van der Waals surface area contributed by atoms with Gasteiger partial charge in [0.1, 0.15) is 5.69 Å². The fourth-order valence-electron chi connectivity index (χ4n) is 2.75. The molecule has 1 saturated carbocycles. The van der Waals surface area contributed by atoms with Gasteiger partial charge in [0.25, 0.3) is 12.3 Å². The summed E-state index contributed by atoms with van der Waals surface area (Å²) in [4.78, 5) is 8.22. The summed E-state index contributed by atoms with van der Waals surface area (Å²) in [7, 11) is 0. The third kappa shape index (κ3) is 2.95. The molecule has 1 fully saturated rings. The van der Waals surface area contributed by atoms with E-state index in [4.69, 9.17) is 21.9 Å². The number of pyridine rings is 1. The van der Waals surface area contributed by atoms with Crippen molar-refractivity contribution in [2.24, 2.45) is 5.73 Å². The maximum absolute atomic E-state index is 13.7. The molecule has 0 spiro atoms. The van der Waals surface area contributed by atoms with E-state index >= 15 is 0 Å². The van der Waals surface area contributed by atoms with Gasteiger partial charge < -0.3 is 10.3 Å². The fraction of sp³-hybridized carbons (Fsp3) is 0.333. The van der Waals surface area contributed by atoms with E-state index in [0.29, 0.717) is 5.82 Å². The van der Waals surface area contributed by atoms with Gasteiger partial charge in [0.05, 0.1) is 22.3 Å².